The Morgan fingerprint density at radius 3 is 2.74 bits per heavy atom. The smallest absolute Gasteiger partial charge is 0.255 e. The summed E-state index contributed by atoms with van der Waals surface area (Å²) in [5.74, 6) is 0.488. The fourth-order valence-corrected chi connectivity index (χ4v) is 2.68. The highest BCUT2D eigenvalue weighted by Gasteiger charge is 2.07. The van der Waals surface area contributed by atoms with Gasteiger partial charge in [0.15, 0.2) is 0 Å². The lowest BCUT2D eigenvalue weighted by molar-refractivity contribution is 0.102. The van der Waals surface area contributed by atoms with Gasteiger partial charge in [0.1, 0.15) is 12.4 Å². The van der Waals surface area contributed by atoms with Gasteiger partial charge in [0, 0.05) is 16.6 Å². The van der Waals surface area contributed by atoms with Crippen LogP contribution in [0.1, 0.15) is 21.1 Å². The number of aryl methyl sites for hydroxylation is 1. The van der Waals surface area contributed by atoms with Crippen molar-refractivity contribution in [3.8, 4) is 5.75 Å². The highest BCUT2D eigenvalue weighted by atomic mass is 32.1. The number of amides is 1. The Morgan fingerprint density at radius 1 is 1.17 bits per heavy atom. The molecule has 1 heterocycles. The van der Waals surface area contributed by atoms with Gasteiger partial charge in [0.05, 0.1) is 10.7 Å². The number of carbonyl (C=O) groups excluding carboxylic acids is 1. The number of anilines is 1. The molecule has 0 atom stereocenters. The van der Waals surface area contributed by atoms with Crippen LogP contribution in [0.2, 0.25) is 0 Å². The maximum Gasteiger partial charge on any atom is 0.255 e. The summed E-state index contributed by atoms with van der Waals surface area (Å²) >= 11 is 1.59. The van der Waals surface area contributed by atoms with Crippen molar-refractivity contribution in [1.82, 2.24) is 4.98 Å². The van der Waals surface area contributed by atoms with E-state index in [1.807, 2.05) is 54.8 Å². The largest absolute Gasteiger partial charge is 0.487 e. The number of hydrogen-bond donors (Lipinski definition) is 1. The van der Waals surface area contributed by atoms with Gasteiger partial charge in [-0.3, -0.25) is 4.79 Å². The van der Waals surface area contributed by atoms with Crippen molar-refractivity contribution >= 4 is 22.9 Å². The monoisotopic (exact) mass is 324 g/mol. The molecule has 0 saturated heterocycles. The van der Waals surface area contributed by atoms with E-state index in [1.165, 1.54) is 0 Å². The predicted octanol–water partition coefficient (Wildman–Crippen LogP) is 4.28. The fourth-order valence-electron chi connectivity index (χ4n) is 2.08. The van der Waals surface area contributed by atoms with E-state index in [-0.39, 0.29) is 5.91 Å². The van der Waals surface area contributed by atoms with Crippen molar-refractivity contribution in [3.63, 3.8) is 0 Å². The fraction of sp³-hybridized carbons (Fsp3) is 0.111. The first-order valence-corrected chi connectivity index (χ1v) is 8.09. The number of aromatic nitrogens is 1. The van der Waals surface area contributed by atoms with Crippen molar-refractivity contribution in [2.24, 2.45) is 0 Å². The molecule has 116 valence electrons. The Morgan fingerprint density at radius 2 is 2.00 bits per heavy atom. The van der Waals surface area contributed by atoms with Gasteiger partial charge in [-0.05, 0) is 37.3 Å². The van der Waals surface area contributed by atoms with Gasteiger partial charge in [-0.15, -0.1) is 11.3 Å². The van der Waals surface area contributed by atoms with Gasteiger partial charge in [-0.25, -0.2) is 4.98 Å². The number of para-hydroxylation sites is 1. The van der Waals surface area contributed by atoms with Gasteiger partial charge < -0.3 is 10.1 Å². The highest BCUT2D eigenvalue weighted by molar-refractivity contribution is 7.09. The third-order valence-electron chi connectivity index (χ3n) is 3.18. The lowest BCUT2D eigenvalue weighted by Gasteiger charge is -2.08. The zero-order chi connectivity index (χ0) is 16.1. The summed E-state index contributed by atoms with van der Waals surface area (Å²) in [5, 5.41) is 5.84. The molecule has 23 heavy (non-hydrogen) atoms. The van der Waals surface area contributed by atoms with Crippen molar-refractivity contribution < 1.29 is 9.53 Å². The SMILES string of the molecule is Cc1nc(COc2cccc(C(=O)Nc3ccccc3)c2)cs1. The van der Waals surface area contributed by atoms with E-state index in [0.29, 0.717) is 17.9 Å². The van der Waals surface area contributed by atoms with Crippen LogP contribution >= 0.6 is 11.3 Å². The predicted molar refractivity (Wildman–Crippen MR) is 92.0 cm³/mol. The number of thiazole rings is 1. The van der Waals surface area contributed by atoms with Crippen molar-refractivity contribution in [1.29, 1.82) is 0 Å². The van der Waals surface area contributed by atoms with E-state index < -0.39 is 0 Å². The van der Waals surface area contributed by atoms with E-state index >= 15 is 0 Å². The van der Waals surface area contributed by atoms with Gasteiger partial charge in [-0.2, -0.15) is 0 Å². The van der Waals surface area contributed by atoms with Crippen molar-refractivity contribution in [3.05, 3.63) is 76.2 Å². The van der Waals surface area contributed by atoms with E-state index in [9.17, 15) is 4.79 Å². The number of rotatable bonds is 5. The molecular formula is C18H16N2O2S. The maximum absolute atomic E-state index is 12.3. The molecule has 0 radical (unpaired) electrons. The number of carbonyl (C=O) groups is 1. The first-order valence-electron chi connectivity index (χ1n) is 7.21. The molecule has 1 aromatic heterocycles. The molecule has 5 heteroatoms. The average molecular weight is 324 g/mol. The molecule has 3 aromatic rings. The van der Waals surface area contributed by atoms with E-state index in [4.69, 9.17) is 4.74 Å². The zero-order valence-electron chi connectivity index (χ0n) is 12.7. The second-order valence-corrected chi connectivity index (χ2v) is 6.06. The van der Waals surface area contributed by atoms with Crippen LogP contribution in [0.15, 0.2) is 60.0 Å². The first kappa shape index (κ1) is 15.2. The molecular weight excluding hydrogens is 308 g/mol. The summed E-state index contributed by atoms with van der Waals surface area (Å²) in [4.78, 5) is 16.6. The molecule has 2 aromatic carbocycles. The molecule has 0 unspecified atom stereocenters. The minimum absolute atomic E-state index is 0.161. The summed E-state index contributed by atoms with van der Waals surface area (Å²) in [5.41, 5.74) is 2.22. The van der Waals surface area contributed by atoms with Crippen LogP contribution in [0.4, 0.5) is 5.69 Å². The minimum atomic E-state index is -0.161. The number of nitrogens with zero attached hydrogens (tertiary/aromatic N) is 1. The molecule has 0 fully saturated rings. The quantitative estimate of drug-likeness (QED) is 0.762. The Balaban J connectivity index is 1.65. The average Bonchev–Trinajstić information content (AvgIpc) is 3.00. The number of hydrogen-bond acceptors (Lipinski definition) is 4. The summed E-state index contributed by atoms with van der Waals surface area (Å²) in [7, 11) is 0. The Kier molecular flexibility index (Phi) is 4.68. The zero-order valence-corrected chi connectivity index (χ0v) is 13.5. The second-order valence-electron chi connectivity index (χ2n) is 4.99. The molecule has 0 saturated carbocycles. The highest BCUT2D eigenvalue weighted by Crippen LogP contribution is 2.17. The Bertz CT molecular complexity index is 800. The van der Waals surface area contributed by atoms with Crippen molar-refractivity contribution in [2.45, 2.75) is 13.5 Å². The van der Waals surface area contributed by atoms with Crippen LogP contribution < -0.4 is 10.1 Å². The number of benzene rings is 2. The lowest BCUT2D eigenvalue weighted by Crippen LogP contribution is -2.11. The Hall–Kier alpha value is -2.66. The van der Waals surface area contributed by atoms with E-state index in [1.54, 1.807) is 23.5 Å². The van der Waals surface area contributed by atoms with Gasteiger partial charge in [-0.1, -0.05) is 24.3 Å². The molecule has 0 aliphatic carbocycles. The second kappa shape index (κ2) is 7.07. The van der Waals surface area contributed by atoms with Crippen molar-refractivity contribution in [2.75, 3.05) is 5.32 Å². The van der Waals surface area contributed by atoms with Crippen LogP contribution in [0.25, 0.3) is 0 Å². The van der Waals surface area contributed by atoms with Gasteiger partial charge in [0.2, 0.25) is 0 Å². The van der Waals surface area contributed by atoms with Gasteiger partial charge >= 0.3 is 0 Å². The standard InChI is InChI=1S/C18H16N2O2S/c1-13-19-16(12-23-13)11-22-17-9-5-6-14(10-17)18(21)20-15-7-3-2-4-8-15/h2-10,12H,11H2,1H3,(H,20,21). The van der Waals surface area contributed by atoms with Gasteiger partial charge in [0.25, 0.3) is 5.91 Å². The molecule has 3 rings (SSSR count). The number of ether oxygens (including phenoxy) is 1. The topological polar surface area (TPSA) is 51.2 Å². The summed E-state index contributed by atoms with van der Waals surface area (Å²) in [6, 6.07) is 16.5. The summed E-state index contributed by atoms with van der Waals surface area (Å²) in [6.45, 7) is 2.36. The third kappa shape index (κ3) is 4.17. The van der Waals surface area contributed by atoms with Crippen LogP contribution in [0, 0.1) is 6.92 Å². The summed E-state index contributed by atoms with van der Waals surface area (Å²) in [6.07, 6.45) is 0. The van der Waals surface area contributed by atoms with E-state index in [0.717, 1.165) is 16.4 Å². The molecule has 1 N–H and O–H groups in total. The molecule has 0 aliphatic heterocycles. The molecule has 0 aliphatic rings. The van der Waals surface area contributed by atoms with E-state index in [2.05, 4.69) is 10.3 Å². The van der Waals surface area contributed by atoms with Crippen LogP contribution in [-0.2, 0) is 6.61 Å². The number of nitrogens with one attached hydrogen (secondary N) is 1. The third-order valence-corrected chi connectivity index (χ3v) is 4.00. The summed E-state index contributed by atoms with van der Waals surface area (Å²) < 4.78 is 5.71. The van der Waals surface area contributed by atoms with Crippen LogP contribution in [-0.4, -0.2) is 10.9 Å². The van der Waals surface area contributed by atoms with Crippen LogP contribution in [0.3, 0.4) is 0 Å². The lowest BCUT2D eigenvalue weighted by atomic mass is 10.2. The maximum atomic E-state index is 12.3. The Labute approximate surface area is 138 Å². The normalized spacial score (nSPS) is 10.3. The minimum Gasteiger partial charge on any atom is -0.487 e. The molecule has 1 amide bonds. The van der Waals surface area contributed by atoms with Crippen LogP contribution in [0.5, 0.6) is 5.75 Å². The molecule has 0 bridgehead atoms. The molecule has 0 spiro atoms. The first-order chi connectivity index (χ1) is 11.2. The molecule has 4 nitrogen and oxygen atoms in total.